The number of rotatable bonds is 5. The molecule has 0 aliphatic rings. The first-order valence-corrected chi connectivity index (χ1v) is 7.49. The monoisotopic (exact) mass is 343 g/mol. The van der Waals surface area contributed by atoms with Gasteiger partial charge in [-0.15, -0.1) is 34.5 Å². The second-order valence-electron chi connectivity index (χ2n) is 3.49. The molecule has 0 saturated carbocycles. The minimum Gasteiger partial charge on any atom is -0.344 e. The number of amides is 1. The topological polar surface area (TPSA) is 29.1 Å². The van der Waals surface area contributed by atoms with E-state index in [1.807, 2.05) is 6.92 Å². The third-order valence-corrected chi connectivity index (χ3v) is 4.92. The van der Waals surface area contributed by atoms with Crippen molar-refractivity contribution in [3.05, 3.63) is 20.8 Å². The van der Waals surface area contributed by atoms with Crippen molar-refractivity contribution in [3.8, 4) is 0 Å². The summed E-state index contributed by atoms with van der Waals surface area (Å²) >= 11 is 16.5. The summed E-state index contributed by atoms with van der Waals surface area (Å²) in [6, 6.07) is 1.78. The van der Waals surface area contributed by atoms with E-state index in [0.717, 1.165) is 3.79 Å². The molecule has 0 radical (unpaired) electrons. The third-order valence-electron chi connectivity index (χ3n) is 2.40. The van der Waals surface area contributed by atoms with Gasteiger partial charge in [-0.3, -0.25) is 4.79 Å². The quantitative estimate of drug-likeness (QED) is 0.807. The van der Waals surface area contributed by atoms with Crippen molar-refractivity contribution in [2.24, 2.45) is 0 Å². The summed E-state index contributed by atoms with van der Waals surface area (Å²) in [6.45, 7) is 1.95. The SMILES string of the molecule is CCC(CCl)(CCl)NC(=O)c1csc(Br)c1. The Hall–Kier alpha value is 0.230. The number of hydrogen-bond acceptors (Lipinski definition) is 2. The molecule has 1 heterocycles. The zero-order chi connectivity index (χ0) is 12.2. The first-order chi connectivity index (χ1) is 7.56. The van der Waals surface area contributed by atoms with E-state index in [1.54, 1.807) is 11.4 Å². The standard InChI is InChI=1S/C10H12BrCl2NOS/c1-2-10(5-12,6-13)14-9(15)7-3-8(11)16-4-7/h3-4H,2,5-6H2,1H3,(H,14,15). The average molecular weight is 345 g/mol. The number of carbonyl (C=O) groups is 1. The van der Waals surface area contributed by atoms with Gasteiger partial charge in [0.15, 0.2) is 0 Å². The van der Waals surface area contributed by atoms with Gasteiger partial charge in [0.25, 0.3) is 5.91 Å². The van der Waals surface area contributed by atoms with Crippen molar-refractivity contribution < 1.29 is 4.79 Å². The Morgan fingerprint density at radius 1 is 1.56 bits per heavy atom. The Bertz CT molecular complexity index is 357. The maximum atomic E-state index is 11.9. The molecular formula is C10H12BrCl2NOS. The normalized spacial score (nSPS) is 11.5. The van der Waals surface area contributed by atoms with E-state index in [1.165, 1.54) is 11.3 Å². The Labute approximate surface area is 117 Å². The number of nitrogens with one attached hydrogen (secondary N) is 1. The summed E-state index contributed by atoms with van der Waals surface area (Å²) < 4.78 is 0.927. The van der Waals surface area contributed by atoms with Crippen LogP contribution in [0.3, 0.4) is 0 Å². The molecule has 0 bridgehead atoms. The first-order valence-electron chi connectivity index (χ1n) is 4.75. The van der Waals surface area contributed by atoms with E-state index in [-0.39, 0.29) is 5.91 Å². The molecular weight excluding hydrogens is 333 g/mol. The second-order valence-corrected chi connectivity index (χ2v) is 6.32. The van der Waals surface area contributed by atoms with E-state index < -0.39 is 5.54 Å². The lowest BCUT2D eigenvalue weighted by molar-refractivity contribution is 0.0914. The maximum Gasteiger partial charge on any atom is 0.252 e. The smallest absolute Gasteiger partial charge is 0.252 e. The lowest BCUT2D eigenvalue weighted by Gasteiger charge is -2.29. The molecule has 0 spiro atoms. The molecule has 0 aliphatic heterocycles. The van der Waals surface area contributed by atoms with Gasteiger partial charge in [-0.2, -0.15) is 0 Å². The van der Waals surface area contributed by atoms with Crippen molar-refractivity contribution in [1.29, 1.82) is 0 Å². The van der Waals surface area contributed by atoms with E-state index in [9.17, 15) is 4.79 Å². The molecule has 0 fully saturated rings. The largest absolute Gasteiger partial charge is 0.344 e. The molecule has 6 heteroatoms. The zero-order valence-electron chi connectivity index (χ0n) is 8.73. The second kappa shape index (κ2) is 6.24. The average Bonchev–Trinajstić information content (AvgIpc) is 2.73. The van der Waals surface area contributed by atoms with Crippen LogP contribution in [0.5, 0.6) is 0 Å². The first kappa shape index (κ1) is 14.3. The van der Waals surface area contributed by atoms with Crippen LogP contribution in [-0.4, -0.2) is 23.2 Å². The Balaban J connectivity index is 2.76. The van der Waals surface area contributed by atoms with Crippen molar-refractivity contribution in [2.75, 3.05) is 11.8 Å². The molecule has 0 unspecified atom stereocenters. The summed E-state index contributed by atoms with van der Waals surface area (Å²) in [6.07, 6.45) is 0.705. The van der Waals surface area contributed by atoms with Crippen LogP contribution in [0.2, 0.25) is 0 Å². The fraction of sp³-hybridized carbons (Fsp3) is 0.500. The Kier molecular flexibility index (Phi) is 5.57. The summed E-state index contributed by atoms with van der Waals surface area (Å²) in [5.41, 5.74) is 0.110. The molecule has 1 N–H and O–H groups in total. The van der Waals surface area contributed by atoms with E-state index >= 15 is 0 Å². The van der Waals surface area contributed by atoms with Crippen molar-refractivity contribution in [1.82, 2.24) is 5.32 Å². The van der Waals surface area contributed by atoms with Crippen molar-refractivity contribution in [3.63, 3.8) is 0 Å². The molecule has 90 valence electrons. The van der Waals surface area contributed by atoms with Crippen LogP contribution in [0.4, 0.5) is 0 Å². The van der Waals surface area contributed by atoms with Gasteiger partial charge < -0.3 is 5.32 Å². The summed E-state index contributed by atoms with van der Waals surface area (Å²) in [5.74, 6) is 0.485. The fourth-order valence-electron chi connectivity index (χ4n) is 1.12. The Morgan fingerprint density at radius 3 is 2.56 bits per heavy atom. The molecule has 0 atom stereocenters. The fourth-order valence-corrected chi connectivity index (χ4v) is 3.06. The molecule has 0 aliphatic carbocycles. The minimum absolute atomic E-state index is 0.134. The van der Waals surface area contributed by atoms with Gasteiger partial charge in [0.2, 0.25) is 0 Å². The molecule has 2 nitrogen and oxygen atoms in total. The number of alkyl halides is 2. The predicted molar refractivity (Wildman–Crippen MR) is 73.9 cm³/mol. The predicted octanol–water partition coefficient (Wildman–Crippen LogP) is 3.87. The van der Waals surface area contributed by atoms with E-state index in [2.05, 4.69) is 21.2 Å². The molecule has 1 aromatic rings. The van der Waals surface area contributed by atoms with Gasteiger partial charge in [-0.1, -0.05) is 6.92 Å². The van der Waals surface area contributed by atoms with Crippen LogP contribution in [-0.2, 0) is 0 Å². The van der Waals surface area contributed by atoms with Crippen molar-refractivity contribution >= 4 is 56.4 Å². The summed E-state index contributed by atoms with van der Waals surface area (Å²) in [5, 5.41) is 4.69. The van der Waals surface area contributed by atoms with Crippen LogP contribution < -0.4 is 5.32 Å². The molecule has 1 aromatic heterocycles. The van der Waals surface area contributed by atoms with Gasteiger partial charge >= 0.3 is 0 Å². The number of thiophene rings is 1. The van der Waals surface area contributed by atoms with Gasteiger partial charge in [0.1, 0.15) is 0 Å². The molecule has 16 heavy (non-hydrogen) atoms. The molecule has 0 saturated heterocycles. The molecule has 1 amide bonds. The van der Waals surface area contributed by atoms with Gasteiger partial charge in [0.05, 0.1) is 14.9 Å². The highest BCUT2D eigenvalue weighted by Crippen LogP contribution is 2.22. The summed E-state index contributed by atoms with van der Waals surface area (Å²) in [4.78, 5) is 11.9. The van der Waals surface area contributed by atoms with E-state index in [0.29, 0.717) is 23.7 Å². The Morgan fingerprint density at radius 2 is 2.19 bits per heavy atom. The number of carbonyl (C=O) groups excluding carboxylic acids is 1. The summed E-state index contributed by atoms with van der Waals surface area (Å²) in [7, 11) is 0. The minimum atomic E-state index is -0.519. The number of hydrogen-bond donors (Lipinski definition) is 1. The molecule has 0 aromatic carbocycles. The highest BCUT2D eigenvalue weighted by molar-refractivity contribution is 9.11. The lowest BCUT2D eigenvalue weighted by atomic mass is 10.0. The van der Waals surface area contributed by atoms with Gasteiger partial charge in [0, 0.05) is 17.1 Å². The maximum absolute atomic E-state index is 11.9. The zero-order valence-corrected chi connectivity index (χ0v) is 12.6. The molecule has 1 rings (SSSR count). The van der Waals surface area contributed by atoms with E-state index in [4.69, 9.17) is 23.2 Å². The van der Waals surface area contributed by atoms with Gasteiger partial charge in [-0.25, -0.2) is 0 Å². The third kappa shape index (κ3) is 3.36. The van der Waals surface area contributed by atoms with Crippen molar-refractivity contribution in [2.45, 2.75) is 18.9 Å². The highest BCUT2D eigenvalue weighted by Gasteiger charge is 2.28. The van der Waals surface area contributed by atoms with Crippen LogP contribution in [0.1, 0.15) is 23.7 Å². The number of halogens is 3. The lowest BCUT2D eigenvalue weighted by Crippen LogP contribution is -2.51. The van der Waals surface area contributed by atoms with Gasteiger partial charge in [-0.05, 0) is 28.4 Å². The van der Waals surface area contributed by atoms with Crippen LogP contribution in [0.25, 0.3) is 0 Å². The van der Waals surface area contributed by atoms with Crippen LogP contribution in [0.15, 0.2) is 15.2 Å². The van der Waals surface area contributed by atoms with Crippen LogP contribution >= 0.6 is 50.5 Å². The highest BCUT2D eigenvalue weighted by atomic mass is 79.9. The van der Waals surface area contributed by atoms with Crippen LogP contribution in [0, 0.1) is 0 Å².